The highest BCUT2D eigenvalue weighted by Crippen LogP contribution is 2.36. The minimum Gasteiger partial charge on any atom is -0.380 e. The third kappa shape index (κ3) is 5.28. The fourth-order valence-corrected chi connectivity index (χ4v) is 5.48. The molecular weight excluding hydrogens is 487 g/mol. The van der Waals surface area contributed by atoms with Crippen LogP contribution in [0.3, 0.4) is 0 Å². The molecule has 4 aromatic rings. The maximum atomic E-state index is 15.4. The zero-order valence-corrected chi connectivity index (χ0v) is 21.7. The largest absolute Gasteiger partial charge is 0.380 e. The molecule has 5 rings (SSSR count). The SMILES string of the molecule is CC(C)c1c(C(=O)NCc2ccc(F)c(F)c2)c2cc(F)c(NC3CCCC3)cc2n1Cc1ccccc1. The molecule has 0 saturated heterocycles. The number of benzene rings is 3. The number of hydrogen-bond donors (Lipinski definition) is 2. The Morgan fingerprint density at radius 2 is 1.66 bits per heavy atom. The number of nitrogens with zero attached hydrogens (tertiary/aromatic N) is 1. The monoisotopic (exact) mass is 519 g/mol. The van der Waals surface area contributed by atoms with Gasteiger partial charge in [-0.1, -0.05) is 63.1 Å². The molecule has 0 bridgehead atoms. The number of nitrogens with one attached hydrogen (secondary N) is 2. The zero-order valence-electron chi connectivity index (χ0n) is 21.7. The minimum absolute atomic E-state index is 0.0166. The number of fused-ring (bicyclic) bond motifs is 1. The maximum absolute atomic E-state index is 15.4. The van der Waals surface area contributed by atoms with Gasteiger partial charge in [-0.3, -0.25) is 4.79 Å². The van der Waals surface area contributed by atoms with Crippen LogP contribution in [0.2, 0.25) is 0 Å². The lowest BCUT2D eigenvalue weighted by Gasteiger charge is -2.17. The van der Waals surface area contributed by atoms with Crippen molar-refractivity contribution in [3.63, 3.8) is 0 Å². The molecule has 1 aliphatic carbocycles. The van der Waals surface area contributed by atoms with E-state index in [-0.39, 0.29) is 24.4 Å². The molecule has 198 valence electrons. The lowest BCUT2D eigenvalue weighted by molar-refractivity contribution is 0.0951. The van der Waals surface area contributed by atoms with E-state index in [1.165, 1.54) is 12.1 Å². The van der Waals surface area contributed by atoms with Crippen LogP contribution in [0.1, 0.15) is 72.6 Å². The standard InChI is InChI=1S/C31H32F3N3O/c1-19(2)30-29(31(38)35-17-21-12-13-24(32)25(33)14-21)23-15-26(34)27(36-22-10-6-7-11-22)16-28(23)37(30)18-20-8-4-3-5-9-20/h3-5,8-9,12-16,19,22,36H,6-7,10-11,17-18H2,1-2H3,(H,35,38). The molecule has 0 spiro atoms. The third-order valence-electron chi connectivity index (χ3n) is 7.30. The van der Waals surface area contributed by atoms with Gasteiger partial charge in [0.15, 0.2) is 11.6 Å². The van der Waals surface area contributed by atoms with Gasteiger partial charge in [0.1, 0.15) is 5.82 Å². The Labute approximate surface area is 220 Å². The highest BCUT2D eigenvalue weighted by atomic mass is 19.2. The van der Waals surface area contributed by atoms with Gasteiger partial charge in [-0.15, -0.1) is 0 Å². The summed E-state index contributed by atoms with van der Waals surface area (Å²) in [5.41, 5.74) is 3.92. The lowest BCUT2D eigenvalue weighted by atomic mass is 10.0. The Morgan fingerprint density at radius 1 is 0.921 bits per heavy atom. The van der Waals surface area contributed by atoms with Crippen molar-refractivity contribution in [1.29, 1.82) is 0 Å². The minimum atomic E-state index is -0.969. The molecule has 2 N–H and O–H groups in total. The van der Waals surface area contributed by atoms with Gasteiger partial charge in [-0.05, 0) is 54.2 Å². The van der Waals surface area contributed by atoms with E-state index in [2.05, 4.69) is 15.2 Å². The van der Waals surface area contributed by atoms with Gasteiger partial charge in [-0.2, -0.15) is 0 Å². The molecule has 7 heteroatoms. The average molecular weight is 520 g/mol. The first-order chi connectivity index (χ1) is 18.3. The Hall–Kier alpha value is -3.74. The fraction of sp³-hybridized carbons (Fsp3) is 0.323. The molecule has 1 fully saturated rings. The Balaban J connectivity index is 1.59. The molecule has 38 heavy (non-hydrogen) atoms. The molecule has 0 aliphatic heterocycles. The quantitative estimate of drug-likeness (QED) is 0.253. The molecule has 1 heterocycles. The predicted molar refractivity (Wildman–Crippen MR) is 145 cm³/mol. The number of anilines is 1. The van der Waals surface area contributed by atoms with Crippen molar-refractivity contribution in [2.45, 2.75) is 64.6 Å². The van der Waals surface area contributed by atoms with Crippen molar-refractivity contribution >= 4 is 22.5 Å². The summed E-state index contributed by atoms with van der Waals surface area (Å²) in [6, 6.07) is 17.0. The number of carbonyl (C=O) groups excluding carboxylic acids is 1. The maximum Gasteiger partial charge on any atom is 0.254 e. The normalized spacial score (nSPS) is 13.9. The van der Waals surface area contributed by atoms with Gasteiger partial charge < -0.3 is 15.2 Å². The van der Waals surface area contributed by atoms with E-state index in [4.69, 9.17) is 0 Å². The first-order valence-corrected chi connectivity index (χ1v) is 13.2. The van der Waals surface area contributed by atoms with E-state index in [9.17, 15) is 13.6 Å². The smallest absolute Gasteiger partial charge is 0.254 e. The van der Waals surface area contributed by atoms with E-state index in [0.717, 1.165) is 54.6 Å². The highest BCUT2D eigenvalue weighted by Gasteiger charge is 2.27. The molecule has 1 saturated carbocycles. The van der Waals surface area contributed by atoms with Crippen LogP contribution in [0, 0.1) is 17.5 Å². The Kier molecular flexibility index (Phi) is 7.45. The summed E-state index contributed by atoms with van der Waals surface area (Å²) in [7, 11) is 0. The first kappa shape index (κ1) is 25.9. The molecule has 1 amide bonds. The molecular formula is C31H32F3N3O. The summed E-state index contributed by atoms with van der Waals surface area (Å²) >= 11 is 0. The first-order valence-electron chi connectivity index (χ1n) is 13.2. The predicted octanol–water partition coefficient (Wildman–Crippen LogP) is 7.51. The van der Waals surface area contributed by atoms with Crippen molar-refractivity contribution in [1.82, 2.24) is 9.88 Å². The van der Waals surface area contributed by atoms with E-state index < -0.39 is 17.5 Å². The van der Waals surface area contributed by atoms with Crippen LogP contribution < -0.4 is 10.6 Å². The van der Waals surface area contributed by atoms with E-state index in [0.29, 0.717) is 28.7 Å². The Morgan fingerprint density at radius 3 is 2.34 bits per heavy atom. The second kappa shape index (κ2) is 10.9. The van der Waals surface area contributed by atoms with Gasteiger partial charge in [0, 0.05) is 30.2 Å². The highest BCUT2D eigenvalue weighted by molar-refractivity contribution is 6.09. The number of rotatable bonds is 8. The summed E-state index contributed by atoms with van der Waals surface area (Å²) in [6.45, 7) is 4.56. The second-order valence-electron chi connectivity index (χ2n) is 10.4. The third-order valence-corrected chi connectivity index (χ3v) is 7.30. The number of hydrogen-bond acceptors (Lipinski definition) is 2. The van der Waals surface area contributed by atoms with Crippen LogP contribution in [0.15, 0.2) is 60.7 Å². The Bertz CT molecular complexity index is 1460. The van der Waals surface area contributed by atoms with Crippen molar-refractivity contribution in [3.05, 3.63) is 100 Å². The van der Waals surface area contributed by atoms with Gasteiger partial charge >= 0.3 is 0 Å². The van der Waals surface area contributed by atoms with Gasteiger partial charge in [0.05, 0.1) is 16.8 Å². The molecule has 3 aromatic carbocycles. The van der Waals surface area contributed by atoms with E-state index in [1.54, 1.807) is 0 Å². The topological polar surface area (TPSA) is 46.1 Å². The summed E-state index contributed by atoms with van der Waals surface area (Å²) in [5, 5.41) is 6.75. The van der Waals surface area contributed by atoms with Crippen LogP contribution >= 0.6 is 0 Å². The summed E-state index contributed by atoms with van der Waals surface area (Å²) in [4.78, 5) is 13.6. The van der Waals surface area contributed by atoms with Gasteiger partial charge in [-0.25, -0.2) is 13.2 Å². The van der Waals surface area contributed by atoms with Gasteiger partial charge in [0.25, 0.3) is 5.91 Å². The summed E-state index contributed by atoms with van der Waals surface area (Å²) < 4.78 is 44.6. The number of halogens is 3. The van der Waals surface area contributed by atoms with Gasteiger partial charge in [0.2, 0.25) is 0 Å². The number of carbonyl (C=O) groups is 1. The van der Waals surface area contributed by atoms with Crippen LogP contribution in [0.4, 0.5) is 18.9 Å². The number of amides is 1. The van der Waals surface area contributed by atoms with Crippen molar-refractivity contribution in [3.8, 4) is 0 Å². The van der Waals surface area contributed by atoms with E-state index in [1.807, 2.05) is 50.2 Å². The molecule has 4 nitrogen and oxygen atoms in total. The summed E-state index contributed by atoms with van der Waals surface area (Å²) in [5.74, 6) is -2.73. The molecule has 1 aliphatic rings. The van der Waals surface area contributed by atoms with Crippen LogP contribution in [0.5, 0.6) is 0 Å². The van der Waals surface area contributed by atoms with Crippen molar-refractivity contribution in [2.24, 2.45) is 0 Å². The van der Waals surface area contributed by atoms with Crippen molar-refractivity contribution in [2.75, 3.05) is 5.32 Å². The fourth-order valence-electron chi connectivity index (χ4n) is 5.48. The summed E-state index contributed by atoms with van der Waals surface area (Å²) in [6.07, 6.45) is 4.28. The zero-order chi connectivity index (χ0) is 26.8. The van der Waals surface area contributed by atoms with Crippen LogP contribution in [0.25, 0.3) is 10.9 Å². The number of aromatic nitrogens is 1. The lowest BCUT2D eigenvalue weighted by Crippen LogP contribution is -2.24. The second-order valence-corrected chi connectivity index (χ2v) is 10.4. The van der Waals surface area contributed by atoms with Crippen LogP contribution in [-0.4, -0.2) is 16.5 Å². The van der Waals surface area contributed by atoms with Crippen LogP contribution in [-0.2, 0) is 13.1 Å². The molecule has 0 radical (unpaired) electrons. The molecule has 0 atom stereocenters. The van der Waals surface area contributed by atoms with E-state index >= 15 is 4.39 Å². The average Bonchev–Trinajstić information content (AvgIpc) is 3.52. The van der Waals surface area contributed by atoms with Crippen molar-refractivity contribution < 1.29 is 18.0 Å². The molecule has 0 unspecified atom stereocenters. The molecule has 1 aromatic heterocycles.